The van der Waals surface area contributed by atoms with Gasteiger partial charge in [0.05, 0.1) is 6.54 Å². The zero-order chi connectivity index (χ0) is 13.0. The summed E-state index contributed by atoms with van der Waals surface area (Å²) in [4.78, 5) is 7.23. The lowest BCUT2D eigenvalue weighted by atomic mass is 10.3. The summed E-state index contributed by atoms with van der Waals surface area (Å²) in [7, 11) is 0. The van der Waals surface area contributed by atoms with Crippen molar-refractivity contribution in [1.82, 2.24) is 4.98 Å². The van der Waals surface area contributed by atoms with Crippen molar-refractivity contribution in [2.24, 2.45) is 0 Å². The maximum absolute atomic E-state index is 4.49. The second-order valence-corrected chi connectivity index (χ2v) is 5.58. The minimum absolute atomic E-state index is 0.835. The van der Waals surface area contributed by atoms with Crippen LogP contribution < -0.4 is 10.6 Å². The van der Waals surface area contributed by atoms with Crippen LogP contribution in [0.15, 0.2) is 24.3 Å². The molecule has 2 rings (SSSR count). The Morgan fingerprint density at radius 3 is 2.50 bits per heavy atom. The van der Waals surface area contributed by atoms with Crippen LogP contribution in [0.4, 0.5) is 11.6 Å². The molecular weight excluding hydrogens is 242 g/mol. The van der Waals surface area contributed by atoms with Crippen molar-refractivity contribution < 1.29 is 0 Å². The molecule has 2 aromatic heterocycles. The van der Waals surface area contributed by atoms with E-state index in [0.717, 1.165) is 24.7 Å². The molecule has 4 heteroatoms. The first-order valence-electron chi connectivity index (χ1n) is 6.19. The fraction of sp³-hybridized carbons (Fsp3) is 0.357. The van der Waals surface area contributed by atoms with Gasteiger partial charge in [-0.25, -0.2) is 4.98 Å². The third-order valence-corrected chi connectivity index (χ3v) is 3.92. The number of aromatic nitrogens is 1. The average Bonchev–Trinajstić information content (AvgIpc) is 2.67. The van der Waals surface area contributed by atoms with E-state index in [1.807, 2.05) is 29.5 Å². The van der Waals surface area contributed by atoms with Gasteiger partial charge in [0.25, 0.3) is 0 Å². The van der Waals surface area contributed by atoms with Gasteiger partial charge < -0.3 is 10.6 Å². The van der Waals surface area contributed by atoms with Crippen LogP contribution in [-0.2, 0) is 6.54 Å². The van der Waals surface area contributed by atoms with Crippen molar-refractivity contribution in [2.75, 3.05) is 17.2 Å². The fourth-order valence-electron chi connectivity index (χ4n) is 1.73. The molecule has 0 saturated heterocycles. The second kappa shape index (κ2) is 5.87. The number of hydrogen-bond donors (Lipinski definition) is 2. The van der Waals surface area contributed by atoms with Crippen molar-refractivity contribution in [3.63, 3.8) is 0 Å². The number of anilines is 2. The molecule has 0 aliphatic heterocycles. The lowest BCUT2D eigenvalue weighted by Gasteiger charge is -2.07. The Labute approximate surface area is 112 Å². The molecule has 0 radical (unpaired) electrons. The summed E-state index contributed by atoms with van der Waals surface area (Å²) in [5, 5.41) is 6.57. The first-order chi connectivity index (χ1) is 8.69. The monoisotopic (exact) mass is 261 g/mol. The molecule has 0 unspecified atom stereocenters. The zero-order valence-corrected chi connectivity index (χ0v) is 11.9. The molecule has 0 spiro atoms. The van der Waals surface area contributed by atoms with Crippen LogP contribution in [0.2, 0.25) is 0 Å². The highest BCUT2D eigenvalue weighted by Gasteiger charge is 2.02. The smallest absolute Gasteiger partial charge is 0.128 e. The predicted molar refractivity (Wildman–Crippen MR) is 79.5 cm³/mol. The Kier molecular flexibility index (Phi) is 4.20. The molecule has 0 fully saturated rings. The van der Waals surface area contributed by atoms with Crippen LogP contribution >= 0.6 is 11.3 Å². The van der Waals surface area contributed by atoms with E-state index in [-0.39, 0.29) is 0 Å². The van der Waals surface area contributed by atoms with Gasteiger partial charge in [-0.1, -0.05) is 6.07 Å². The lowest BCUT2D eigenvalue weighted by molar-refractivity contribution is 1.11. The van der Waals surface area contributed by atoms with Crippen LogP contribution in [0.1, 0.15) is 22.2 Å². The second-order valence-electron chi connectivity index (χ2n) is 4.24. The molecule has 0 amide bonds. The third-order valence-electron chi connectivity index (χ3n) is 2.77. The highest BCUT2D eigenvalue weighted by atomic mass is 32.1. The summed E-state index contributed by atoms with van der Waals surface area (Å²) in [6.45, 7) is 8.10. The molecular formula is C14H19N3S. The standard InChI is InChI=1S/C14H19N3S/c1-4-15-13-6-5-7-14(17-13)16-9-12-8-10(2)11(3)18-12/h5-8H,4,9H2,1-3H3,(H2,15,16,17). The molecule has 18 heavy (non-hydrogen) atoms. The van der Waals surface area contributed by atoms with Crippen LogP contribution in [0.3, 0.4) is 0 Å². The first kappa shape index (κ1) is 12.9. The largest absolute Gasteiger partial charge is 0.370 e. The van der Waals surface area contributed by atoms with Gasteiger partial charge in [0, 0.05) is 16.3 Å². The topological polar surface area (TPSA) is 37.0 Å². The van der Waals surface area contributed by atoms with Gasteiger partial charge in [0.2, 0.25) is 0 Å². The van der Waals surface area contributed by atoms with E-state index in [9.17, 15) is 0 Å². The minimum atomic E-state index is 0.835. The molecule has 96 valence electrons. The van der Waals surface area contributed by atoms with Crippen molar-refractivity contribution in [1.29, 1.82) is 0 Å². The molecule has 0 atom stereocenters. The maximum Gasteiger partial charge on any atom is 0.128 e. The highest BCUT2D eigenvalue weighted by Crippen LogP contribution is 2.21. The van der Waals surface area contributed by atoms with Crippen LogP contribution in [0.5, 0.6) is 0 Å². The summed E-state index contributed by atoms with van der Waals surface area (Å²) in [5.41, 5.74) is 1.37. The van der Waals surface area contributed by atoms with Crippen molar-refractivity contribution >= 4 is 23.0 Å². The highest BCUT2D eigenvalue weighted by molar-refractivity contribution is 7.12. The normalized spacial score (nSPS) is 10.4. The number of rotatable bonds is 5. The number of aryl methyl sites for hydroxylation is 2. The molecule has 0 aliphatic carbocycles. The van der Waals surface area contributed by atoms with E-state index < -0.39 is 0 Å². The van der Waals surface area contributed by atoms with E-state index in [1.54, 1.807) is 0 Å². The summed E-state index contributed by atoms with van der Waals surface area (Å²) in [6, 6.07) is 8.22. The number of thiophene rings is 1. The summed E-state index contributed by atoms with van der Waals surface area (Å²) in [6.07, 6.45) is 0. The van der Waals surface area contributed by atoms with E-state index in [1.165, 1.54) is 15.3 Å². The summed E-state index contributed by atoms with van der Waals surface area (Å²) < 4.78 is 0. The Bertz CT molecular complexity index is 500. The Balaban J connectivity index is 1.99. The molecule has 2 N–H and O–H groups in total. The van der Waals surface area contributed by atoms with Crippen LogP contribution in [0, 0.1) is 13.8 Å². The van der Waals surface area contributed by atoms with E-state index in [0.29, 0.717) is 0 Å². The molecule has 3 nitrogen and oxygen atoms in total. The van der Waals surface area contributed by atoms with Crippen LogP contribution in [0.25, 0.3) is 0 Å². The fourth-order valence-corrected chi connectivity index (χ4v) is 2.72. The zero-order valence-electron chi connectivity index (χ0n) is 11.1. The van der Waals surface area contributed by atoms with Gasteiger partial charge in [-0.2, -0.15) is 0 Å². The SMILES string of the molecule is CCNc1cccc(NCc2cc(C)c(C)s2)n1. The van der Waals surface area contributed by atoms with Crippen molar-refractivity contribution in [3.05, 3.63) is 39.6 Å². The number of hydrogen-bond acceptors (Lipinski definition) is 4. The summed E-state index contributed by atoms with van der Waals surface area (Å²) in [5.74, 6) is 1.83. The molecule has 2 heterocycles. The number of pyridine rings is 1. The lowest BCUT2D eigenvalue weighted by Crippen LogP contribution is -2.03. The molecule has 0 aromatic carbocycles. The van der Waals surface area contributed by atoms with Gasteiger partial charge in [0.1, 0.15) is 11.6 Å². The van der Waals surface area contributed by atoms with Gasteiger partial charge >= 0.3 is 0 Å². The Morgan fingerprint density at radius 2 is 1.89 bits per heavy atom. The van der Waals surface area contributed by atoms with Gasteiger partial charge in [-0.15, -0.1) is 11.3 Å². The Morgan fingerprint density at radius 1 is 1.17 bits per heavy atom. The van der Waals surface area contributed by atoms with Crippen molar-refractivity contribution in [2.45, 2.75) is 27.3 Å². The minimum Gasteiger partial charge on any atom is -0.370 e. The molecule has 0 aliphatic rings. The molecule has 2 aromatic rings. The van der Waals surface area contributed by atoms with Gasteiger partial charge in [0.15, 0.2) is 0 Å². The van der Waals surface area contributed by atoms with Gasteiger partial charge in [-0.3, -0.25) is 0 Å². The maximum atomic E-state index is 4.49. The van der Waals surface area contributed by atoms with Crippen LogP contribution in [-0.4, -0.2) is 11.5 Å². The molecule has 0 bridgehead atoms. The third kappa shape index (κ3) is 3.23. The number of nitrogens with one attached hydrogen (secondary N) is 2. The van der Waals surface area contributed by atoms with Gasteiger partial charge in [-0.05, 0) is 44.5 Å². The van der Waals surface area contributed by atoms with E-state index >= 15 is 0 Å². The van der Waals surface area contributed by atoms with E-state index in [4.69, 9.17) is 0 Å². The first-order valence-corrected chi connectivity index (χ1v) is 7.01. The number of nitrogens with zero attached hydrogens (tertiary/aromatic N) is 1. The van der Waals surface area contributed by atoms with E-state index in [2.05, 4.69) is 42.5 Å². The Hall–Kier alpha value is -1.55. The summed E-state index contributed by atoms with van der Waals surface area (Å²) >= 11 is 1.84. The average molecular weight is 261 g/mol. The predicted octanol–water partition coefficient (Wildman–Crippen LogP) is 3.80. The molecule has 0 saturated carbocycles. The van der Waals surface area contributed by atoms with Crippen molar-refractivity contribution in [3.8, 4) is 0 Å². The quantitative estimate of drug-likeness (QED) is 0.859.